The Labute approximate surface area is 201 Å². The molecule has 1 saturated heterocycles. The molecule has 1 aliphatic rings. The van der Waals surface area contributed by atoms with Gasteiger partial charge < -0.3 is 19.5 Å². The summed E-state index contributed by atoms with van der Waals surface area (Å²) in [5, 5.41) is 3.14. The molecule has 2 aromatic carbocycles. The maximum absolute atomic E-state index is 13.4. The number of aromatic nitrogens is 2. The second-order valence-corrected chi connectivity index (χ2v) is 8.84. The lowest BCUT2D eigenvalue weighted by Gasteiger charge is -2.41. The number of unbranched alkanes of at least 4 members (excludes halogenated alkanes) is 1. The Hall–Kier alpha value is -3.35. The molecule has 2 amide bonds. The zero-order valence-electron chi connectivity index (χ0n) is 20.1. The Morgan fingerprint density at radius 2 is 1.91 bits per heavy atom. The number of aryl methyl sites for hydroxylation is 1. The average Bonchev–Trinajstić information content (AvgIpc) is 3.28. The molecule has 3 aromatic rings. The third-order valence-electron chi connectivity index (χ3n) is 6.66. The fraction of sp³-hybridized carbons (Fsp3) is 0.444. The number of carbonyl (C=O) groups excluding carboxylic acids is 2. The molecule has 1 aromatic heterocycles. The second-order valence-electron chi connectivity index (χ2n) is 8.84. The minimum atomic E-state index is -0.318. The van der Waals surface area contributed by atoms with E-state index >= 15 is 0 Å². The highest BCUT2D eigenvalue weighted by Crippen LogP contribution is 2.40. The number of piperidine rings is 1. The van der Waals surface area contributed by atoms with Gasteiger partial charge in [0.05, 0.1) is 36.4 Å². The van der Waals surface area contributed by atoms with Crippen LogP contribution in [0.25, 0.3) is 11.0 Å². The first-order chi connectivity index (χ1) is 16.6. The summed E-state index contributed by atoms with van der Waals surface area (Å²) in [4.78, 5) is 32.6. The van der Waals surface area contributed by atoms with E-state index in [2.05, 4.69) is 27.9 Å². The lowest BCUT2D eigenvalue weighted by molar-refractivity contribution is -0.143. The molecule has 34 heavy (non-hydrogen) atoms. The fourth-order valence-electron chi connectivity index (χ4n) is 4.90. The van der Waals surface area contributed by atoms with E-state index in [9.17, 15) is 9.59 Å². The number of benzene rings is 2. The van der Waals surface area contributed by atoms with Gasteiger partial charge in [-0.1, -0.05) is 43.7 Å². The zero-order valence-corrected chi connectivity index (χ0v) is 20.1. The first-order valence-electron chi connectivity index (χ1n) is 12.2. The highest BCUT2D eigenvalue weighted by molar-refractivity contribution is 5.85. The van der Waals surface area contributed by atoms with Gasteiger partial charge in [0.1, 0.15) is 5.75 Å². The smallest absolute Gasteiger partial charge is 0.225 e. The number of fused-ring (bicyclic) bond motifs is 1. The van der Waals surface area contributed by atoms with Crippen LogP contribution in [0.4, 0.5) is 0 Å². The molecular formula is C27H34N4O3. The Morgan fingerprint density at radius 3 is 2.74 bits per heavy atom. The minimum Gasteiger partial charge on any atom is -0.496 e. The summed E-state index contributed by atoms with van der Waals surface area (Å²) >= 11 is 0. The molecule has 1 fully saturated rings. The Morgan fingerprint density at radius 1 is 1.12 bits per heavy atom. The summed E-state index contributed by atoms with van der Waals surface area (Å²) < 4.78 is 7.73. The highest BCUT2D eigenvalue weighted by atomic mass is 16.5. The molecule has 0 aliphatic carbocycles. The van der Waals surface area contributed by atoms with Crippen LogP contribution < -0.4 is 10.1 Å². The van der Waals surface area contributed by atoms with Crippen molar-refractivity contribution in [1.29, 1.82) is 0 Å². The van der Waals surface area contributed by atoms with E-state index in [1.165, 1.54) is 0 Å². The monoisotopic (exact) mass is 462 g/mol. The zero-order chi connectivity index (χ0) is 23.9. The molecule has 1 N–H and O–H groups in total. The first kappa shape index (κ1) is 23.8. The number of carbonyl (C=O) groups is 2. The number of ether oxygens (including phenoxy) is 1. The maximum Gasteiger partial charge on any atom is 0.225 e. The van der Waals surface area contributed by atoms with Crippen LogP contribution in [-0.4, -0.2) is 46.5 Å². The van der Waals surface area contributed by atoms with Gasteiger partial charge in [0, 0.05) is 31.6 Å². The van der Waals surface area contributed by atoms with Crippen molar-refractivity contribution in [2.24, 2.45) is 5.92 Å². The lowest BCUT2D eigenvalue weighted by atomic mass is 9.83. The third kappa shape index (κ3) is 5.08. The Kier molecular flexibility index (Phi) is 7.83. The van der Waals surface area contributed by atoms with E-state index in [1.807, 2.05) is 53.7 Å². The number of nitrogens with zero attached hydrogens (tertiary/aromatic N) is 3. The number of para-hydroxylation sites is 3. The molecular weight excluding hydrogens is 428 g/mol. The van der Waals surface area contributed by atoms with Gasteiger partial charge in [-0.25, -0.2) is 4.98 Å². The van der Waals surface area contributed by atoms with Crippen molar-refractivity contribution in [3.63, 3.8) is 0 Å². The Balaban J connectivity index is 1.46. The molecule has 0 bridgehead atoms. The first-order valence-corrected chi connectivity index (χ1v) is 12.2. The van der Waals surface area contributed by atoms with Gasteiger partial charge in [-0.05, 0) is 37.5 Å². The van der Waals surface area contributed by atoms with Crippen molar-refractivity contribution in [3.05, 3.63) is 60.4 Å². The molecule has 0 unspecified atom stereocenters. The van der Waals surface area contributed by atoms with Crippen LogP contribution in [0, 0.1) is 5.92 Å². The number of likely N-dealkylation sites (tertiary alicyclic amines) is 1. The molecule has 0 radical (unpaired) electrons. The summed E-state index contributed by atoms with van der Waals surface area (Å²) in [6, 6.07) is 15.5. The molecule has 1 aliphatic heterocycles. The topological polar surface area (TPSA) is 76.5 Å². The van der Waals surface area contributed by atoms with Crippen LogP contribution in [0.1, 0.15) is 50.6 Å². The van der Waals surface area contributed by atoms with Crippen LogP contribution in [0.2, 0.25) is 0 Å². The van der Waals surface area contributed by atoms with Crippen LogP contribution in [-0.2, 0) is 16.1 Å². The number of methoxy groups -OCH3 is 1. The SMILES string of the molecule is CCCCN1C(=O)CC[C@@H](C(=O)NCCCn2cnc3ccccc32)[C@H]1c1ccccc1OC. The summed E-state index contributed by atoms with van der Waals surface area (Å²) in [5.74, 6) is 0.522. The van der Waals surface area contributed by atoms with Gasteiger partial charge in [-0.2, -0.15) is 0 Å². The molecule has 2 heterocycles. The molecule has 2 atom stereocenters. The number of nitrogens with one attached hydrogen (secondary N) is 1. The standard InChI is InChI=1S/C27H34N4O3/c1-3-4-18-31-25(32)15-14-21(26(31)20-10-5-8-13-24(20)34-2)27(33)28-16-9-17-30-19-29-22-11-6-7-12-23(22)30/h5-8,10-13,19,21,26H,3-4,9,14-18H2,1-2H3,(H,28,33)/t21-,26-/m1/s1. The van der Waals surface area contributed by atoms with Crippen LogP contribution in [0.3, 0.4) is 0 Å². The molecule has 180 valence electrons. The Bertz CT molecular complexity index is 1130. The van der Waals surface area contributed by atoms with Crippen molar-refractivity contribution in [2.75, 3.05) is 20.2 Å². The molecule has 0 saturated carbocycles. The van der Waals surface area contributed by atoms with Crippen LogP contribution in [0.5, 0.6) is 5.75 Å². The number of hydrogen-bond donors (Lipinski definition) is 1. The lowest BCUT2D eigenvalue weighted by Crippen LogP contribution is -2.48. The molecule has 7 heteroatoms. The van der Waals surface area contributed by atoms with E-state index in [1.54, 1.807) is 7.11 Å². The van der Waals surface area contributed by atoms with E-state index in [0.717, 1.165) is 42.4 Å². The summed E-state index contributed by atoms with van der Waals surface area (Å²) in [5.41, 5.74) is 2.98. The van der Waals surface area contributed by atoms with Crippen molar-refractivity contribution in [2.45, 2.75) is 51.6 Å². The number of imidazole rings is 1. The van der Waals surface area contributed by atoms with Gasteiger partial charge in [-0.3, -0.25) is 9.59 Å². The van der Waals surface area contributed by atoms with Gasteiger partial charge in [0.25, 0.3) is 0 Å². The maximum atomic E-state index is 13.4. The fourth-order valence-corrected chi connectivity index (χ4v) is 4.90. The second kappa shape index (κ2) is 11.2. The van der Waals surface area contributed by atoms with Crippen molar-refractivity contribution >= 4 is 22.8 Å². The number of hydrogen-bond acceptors (Lipinski definition) is 4. The van der Waals surface area contributed by atoms with Crippen LogP contribution in [0.15, 0.2) is 54.9 Å². The quantitative estimate of drug-likeness (QED) is 0.455. The van der Waals surface area contributed by atoms with Crippen molar-refractivity contribution in [3.8, 4) is 5.75 Å². The summed E-state index contributed by atoms with van der Waals surface area (Å²) in [7, 11) is 1.63. The molecule has 7 nitrogen and oxygen atoms in total. The summed E-state index contributed by atoms with van der Waals surface area (Å²) in [6.45, 7) is 4.11. The predicted molar refractivity (Wildman–Crippen MR) is 132 cm³/mol. The van der Waals surface area contributed by atoms with Crippen molar-refractivity contribution < 1.29 is 14.3 Å². The van der Waals surface area contributed by atoms with E-state index < -0.39 is 0 Å². The highest BCUT2D eigenvalue weighted by Gasteiger charge is 2.41. The predicted octanol–water partition coefficient (Wildman–Crippen LogP) is 4.33. The van der Waals surface area contributed by atoms with Gasteiger partial charge in [0.2, 0.25) is 11.8 Å². The number of rotatable bonds is 10. The average molecular weight is 463 g/mol. The van der Waals surface area contributed by atoms with Gasteiger partial charge in [0.15, 0.2) is 0 Å². The summed E-state index contributed by atoms with van der Waals surface area (Å²) in [6.07, 6.45) is 5.49. The normalized spacial score (nSPS) is 18.3. The minimum absolute atomic E-state index is 0.000365. The van der Waals surface area contributed by atoms with Gasteiger partial charge >= 0.3 is 0 Å². The largest absolute Gasteiger partial charge is 0.496 e. The third-order valence-corrected chi connectivity index (χ3v) is 6.66. The van der Waals surface area contributed by atoms with E-state index in [4.69, 9.17) is 4.74 Å². The van der Waals surface area contributed by atoms with Gasteiger partial charge in [-0.15, -0.1) is 0 Å². The van der Waals surface area contributed by atoms with Crippen LogP contribution >= 0.6 is 0 Å². The van der Waals surface area contributed by atoms with E-state index in [-0.39, 0.29) is 23.8 Å². The molecule has 0 spiro atoms. The molecule has 4 rings (SSSR count). The van der Waals surface area contributed by atoms with Crippen molar-refractivity contribution in [1.82, 2.24) is 19.8 Å². The van der Waals surface area contributed by atoms with E-state index in [0.29, 0.717) is 31.7 Å². The number of amides is 2.